The van der Waals surface area contributed by atoms with Crippen LogP contribution in [0.3, 0.4) is 0 Å². The molecular formula is C22H23N3O. The van der Waals surface area contributed by atoms with Crippen LogP contribution in [0.5, 0.6) is 11.5 Å². The summed E-state index contributed by atoms with van der Waals surface area (Å²) in [5.41, 5.74) is 2.73. The number of azo groups is 1. The Balaban J connectivity index is 1.73. The number of hydrogen-bond donors (Lipinski definition) is 0. The standard InChI is InChI=1S/C22H23N3O/c1-3-25(4-2)21-12-8-9-13-22(21)26-20-16-14-19(15-17-20)24-23-18-10-6-5-7-11-18/h5-17H,3-4H2,1-2H3. The minimum Gasteiger partial charge on any atom is -0.455 e. The van der Waals surface area contributed by atoms with E-state index in [1.165, 1.54) is 0 Å². The molecule has 132 valence electrons. The lowest BCUT2D eigenvalue weighted by atomic mass is 10.2. The summed E-state index contributed by atoms with van der Waals surface area (Å²) in [6.07, 6.45) is 0. The van der Waals surface area contributed by atoms with Crippen LogP contribution in [0, 0.1) is 0 Å². The maximum absolute atomic E-state index is 6.10. The molecule has 0 aliphatic heterocycles. The summed E-state index contributed by atoms with van der Waals surface area (Å²) in [5.74, 6) is 1.64. The Kier molecular flexibility index (Phi) is 5.99. The number of nitrogens with zero attached hydrogens (tertiary/aromatic N) is 3. The molecular weight excluding hydrogens is 322 g/mol. The number of hydrogen-bond acceptors (Lipinski definition) is 4. The molecule has 0 heterocycles. The molecule has 0 amide bonds. The Labute approximate surface area is 154 Å². The highest BCUT2D eigenvalue weighted by Crippen LogP contribution is 2.32. The van der Waals surface area contributed by atoms with Gasteiger partial charge in [0.15, 0.2) is 5.75 Å². The van der Waals surface area contributed by atoms with Gasteiger partial charge in [-0.05, 0) is 62.4 Å². The SMILES string of the molecule is CCN(CC)c1ccccc1Oc1ccc(N=Nc2ccccc2)cc1. The summed E-state index contributed by atoms with van der Waals surface area (Å²) < 4.78 is 6.10. The van der Waals surface area contributed by atoms with E-state index in [1.54, 1.807) is 0 Å². The Morgan fingerprint density at radius 3 is 1.92 bits per heavy atom. The maximum atomic E-state index is 6.10. The topological polar surface area (TPSA) is 37.2 Å². The molecule has 0 aromatic heterocycles. The van der Waals surface area contributed by atoms with Gasteiger partial charge in [-0.25, -0.2) is 0 Å². The number of anilines is 1. The Hall–Kier alpha value is -3.14. The highest BCUT2D eigenvalue weighted by molar-refractivity contribution is 5.59. The van der Waals surface area contributed by atoms with Crippen molar-refractivity contribution in [2.75, 3.05) is 18.0 Å². The van der Waals surface area contributed by atoms with Gasteiger partial charge in [0.2, 0.25) is 0 Å². The lowest BCUT2D eigenvalue weighted by Crippen LogP contribution is -2.22. The highest BCUT2D eigenvalue weighted by atomic mass is 16.5. The average molecular weight is 345 g/mol. The molecule has 0 atom stereocenters. The zero-order chi connectivity index (χ0) is 18.2. The van der Waals surface area contributed by atoms with E-state index in [-0.39, 0.29) is 0 Å². The lowest BCUT2D eigenvalue weighted by molar-refractivity contribution is 0.481. The van der Waals surface area contributed by atoms with Gasteiger partial charge in [-0.3, -0.25) is 0 Å². The van der Waals surface area contributed by atoms with Gasteiger partial charge in [0, 0.05) is 13.1 Å². The van der Waals surface area contributed by atoms with Crippen molar-refractivity contribution in [3.05, 3.63) is 78.9 Å². The van der Waals surface area contributed by atoms with Gasteiger partial charge in [0.25, 0.3) is 0 Å². The van der Waals surface area contributed by atoms with E-state index < -0.39 is 0 Å². The first-order valence-electron chi connectivity index (χ1n) is 8.89. The lowest BCUT2D eigenvalue weighted by Gasteiger charge is -2.23. The van der Waals surface area contributed by atoms with Gasteiger partial charge >= 0.3 is 0 Å². The van der Waals surface area contributed by atoms with E-state index in [0.29, 0.717) is 0 Å². The average Bonchev–Trinajstić information content (AvgIpc) is 2.70. The fourth-order valence-electron chi connectivity index (χ4n) is 2.69. The van der Waals surface area contributed by atoms with E-state index >= 15 is 0 Å². The van der Waals surface area contributed by atoms with E-state index in [1.807, 2.05) is 72.8 Å². The van der Waals surface area contributed by atoms with Gasteiger partial charge in [0.05, 0.1) is 17.1 Å². The minimum absolute atomic E-state index is 0.781. The molecule has 26 heavy (non-hydrogen) atoms. The zero-order valence-corrected chi connectivity index (χ0v) is 15.2. The number of ether oxygens (including phenoxy) is 1. The van der Waals surface area contributed by atoms with Gasteiger partial charge in [-0.1, -0.05) is 30.3 Å². The third kappa shape index (κ3) is 4.48. The van der Waals surface area contributed by atoms with Crippen molar-refractivity contribution in [2.24, 2.45) is 10.2 Å². The Bertz CT molecular complexity index is 841. The summed E-state index contributed by atoms with van der Waals surface area (Å²) in [7, 11) is 0. The smallest absolute Gasteiger partial charge is 0.150 e. The third-order valence-corrected chi connectivity index (χ3v) is 4.07. The normalized spacial score (nSPS) is 10.8. The second-order valence-electron chi connectivity index (χ2n) is 5.77. The van der Waals surface area contributed by atoms with Crippen LogP contribution in [0.4, 0.5) is 17.1 Å². The van der Waals surface area contributed by atoms with E-state index in [0.717, 1.165) is 41.7 Å². The fraction of sp³-hybridized carbons (Fsp3) is 0.182. The largest absolute Gasteiger partial charge is 0.455 e. The van der Waals surface area contributed by atoms with Crippen LogP contribution in [-0.2, 0) is 0 Å². The molecule has 3 aromatic rings. The number of rotatable bonds is 7. The van der Waals surface area contributed by atoms with E-state index in [2.05, 4.69) is 35.0 Å². The molecule has 0 unspecified atom stereocenters. The predicted octanol–water partition coefficient (Wildman–Crippen LogP) is 6.74. The first kappa shape index (κ1) is 17.7. The van der Waals surface area contributed by atoms with Crippen LogP contribution in [0.2, 0.25) is 0 Å². The molecule has 3 aromatic carbocycles. The second kappa shape index (κ2) is 8.81. The molecule has 4 heteroatoms. The van der Waals surface area contributed by atoms with Crippen molar-refractivity contribution in [1.82, 2.24) is 0 Å². The molecule has 0 aliphatic rings. The van der Waals surface area contributed by atoms with Crippen LogP contribution in [0.15, 0.2) is 89.1 Å². The quantitative estimate of drug-likeness (QED) is 0.445. The Morgan fingerprint density at radius 2 is 1.27 bits per heavy atom. The molecule has 3 rings (SSSR count). The van der Waals surface area contributed by atoms with Crippen LogP contribution in [0.25, 0.3) is 0 Å². The molecule has 0 radical (unpaired) electrons. The fourth-order valence-corrected chi connectivity index (χ4v) is 2.69. The van der Waals surface area contributed by atoms with Crippen LogP contribution < -0.4 is 9.64 Å². The molecule has 0 fully saturated rings. The van der Waals surface area contributed by atoms with Crippen molar-refractivity contribution in [3.8, 4) is 11.5 Å². The maximum Gasteiger partial charge on any atom is 0.150 e. The van der Waals surface area contributed by atoms with Crippen molar-refractivity contribution < 1.29 is 4.74 Å². The summed E-state index contributed by atoms with van der Waals surface area (Å²) in [4.78, 5) is 2.28. The predicted molar refractivity (Wildman–Crippen MR) is 107 cm³/mol. The van der Waals surface area contributed by atoms with Crippen molar-refractivity contribution in [3.63, 3.8) is 0 Å². The van der Waals surface area contributed by atoms with Crippen LogP contribution in [0.1, 0.15) is 13.8 Å². The molecule has 4 nitrogen and oxygen atoms in total. The summed E-state index contributed by atoms with van der Waals surface area (Å²) in [5, 5.41) is 8.49. The monoisotopic (exact) mass is 345 g/mol. The highest BCUT2D eigenvalue weighted by Gasteiger charge is 2.09. The summed E-state index contributed by atoms with van der Waals surface area (Å²) >= 11 is 0. The first-order valence-corrected chi connectivity index (χ1v) is 8.89. The van der Waals surface area contributed by atoms with Crippen LogP contribution >= 0.6 is 0 Å². The number of benzene rings is 3. The zero-order valence-electron chi connectivity index (χ0n) is 15.2. The second-order valence-corrected chi connectivity index (χ2v) is 5.77. The molecule has 0 saturated heterocycles. The molecule has 0 aliphatic carbocycles. The molecule has 0 bridgehead atoms. The van der Waals surface area contributed by atoms with Gasteiger partial charge < -0.3 is 9.64 Å². The third-order valence-electron chi connectivity index (χ3n) is 4.07. The van der Waals surface area contributed by atoms with Crippen molar-refractivity contribution in [2.45, 2.75) is 13.8 Å². The van der Waals surface area contributed by atoms with E-state index in [4.69, 9.17) is 4.74 Å². The minimum atomic E-state index is 0.781. The molecule has 0 spiro atoms. The summed E-state index contributed by atoms with van der Waals surface area (Å²) in [6.45, 7) is 6.17. The molecule has 0 N–H and O–H groups in total. The van der Waals surface area contributed by atoms with Crippen LogP contribution in [-0.4, -0.2) is 13.1 Å². The summed E-state index contributed by atoms with van der Waals surface area (Å²) in [6, 6.07) is 25.4. The van der Waals surface area contributed by atoms with Gasteiger partial charge in [-0.15, -0.1) is 0 Å². The van der Waals surface area contributed by atoms with Gasteiger partial charge in [-0.2, -0.15) is 10.2 Å². The first-order chi connectivity index (χ1) is 12.8. The van der Waals surface area contributed by atoms with E-state index in [9.17, 15) is 0 Å². The van der Waals surface area contributed by atoms with Crippen molar-refractivity contribution in [1.29, 1.82) is 0 Å². The number of para-hydroxylation sites is 2. The van der Waals surface area contributed by atoms with Crippen molar-refractivity contribution >= 4 is 17.1 Å². The van der Waals surface area contributed by atoms with Gasteiger partial charge in [0.1, 0.15) is 5.75 Å². The Morgan fingerprint density at radius 1 is 0.692 bits per heavy atom. The molecule has 0 saturated carbocycles.